The SMILES string of the molecule is CCCn1cccc1C(=O)N(CC)CC1CCNCC1. The van der Waals surface area contributed by atoms with Crippen molar-refractivity contribution in [2.75, 3.05) is 26.2 Å². The van der Waals surface area contributed by atoms with Gasteiger partial charge in [-0.2, -0.15) is 0 Å². The third-order valence-corrected chi connectivity index (χ3v) is 4.12. The van der Waals surface area contributed by atoms with Gasteiger partial charge in [-0.05, 0) is 57.3 Å². The number of nitrogens with zero attached hydrogens (tertiary/aromatic N) is 2. The summed E-state index contributed by atoms with van der Waals surface area (Å²) < 4.78 is 2.08. The van der Waals surface area contributed by atoms with Crippen LogP contribution < -0.4 is 5.32 Å². The van der Waals surface area contributed by atoms with E-state index in [0.29, 0.717) is 5.92 Å². The highest BCUT2D eigenvalue weighted by Crippen LogP contribution is 2.16. The van der Waals surface area contributed by atoms with Gasteiger partial charge in [-0.25, -0.2) is 0 Å². The summed E-state index contributed by atoms with van der Waals surface area (Å²) in [5.41, 5.74) is 0.836. The Hall–Kier alpha value is -1.29. The number of carbonyl (C=O) groups is 1. The van der Waals surface area contributed by atoms with E-state index in [1.807, 2.05) is 23.2 Å². The van der Waals surface area contributed by atoms with Crippen molar-refractivity contribution in [2.24, 2.45) is 5.92 Å². The van der Waals surface area contributed by atoms with Crippen LogP contribution in [0.5, 0.6) is 0 Å². The number of hydrogen-bond donors (Lipinski definition) is 1. The van der Waals surface area contributed by atoms with Crippen LogP contribution in [0.25, 0.3) is 0 Å². The minimum atomic E-state index is 0.185. The maximum Gasteiger partial charge on any atom is 0.270 e. The first kappa shape index (κ1) is 15.1. The zero-order valence-corrected chi connectivity index (χ0v) is 12.8. The minimum absolute atomic E-state index is 0.185. The molecule has 0 aliphatic carbocycles. The maximum atomic E-state index is 12.7. The molecule has 20 heavy (non-hydrogen) atoms. The molecule has 1 aliphatic rings. The summed E-state index contributed by atoms with van der Waals surface area (Å²) in [5.74, 6) is 0.833. The monoisotopic (exact) mass is 277 g/mol. The third-order valence-electron chi connectivity index (χ3n) is 4.12. The van der Waals surface area contributed by atoms with E-state index >= 15 is 0 Å². The molecule has 0 unspecified atom stereocenters. The summed E-state index contributed by atoms with van der Waals surface area (Å²) >= 11 is 0. The van der Waals surface area contributed by atoms with Crippen molar-refractivity contribution in [3.8, 4) is 0 Å². The van der Waals surface area contributed by atoms with Crippen LogP contribution in [0.2, 0.25) is 0 Å². The first-order valence-corrected chi connectivity index (χ1v) is 7.91. The lowest BCUT2D eigenvalue weighted by atomic mass is 9.97. The molecule has 0 atom stereocenters. The Bertz CT molecular complexity index is 421. The van der Waals surface area contributed by atoms with Gasteiger partial charge in [0.2, 0.25) is 0 Å². The predicted octanol–water partition coefficient (Wildman–Crippen LogP) is 2.36. The summed E-state index contributed by atoms with van der Waals surface area (Å²) in [4.78, 5) is 14.7. The van der Waals surface area contributed by atoms with Crippen LogP contribution in [0, 0.1) is 5.92 Å². The van der Waals surface area contributed by atoms with Gasteiger partial charge >= 0.3 is 0 Å². The Kier molecular flexibility index (Phi) is 5.65. The molecule has 4 heteroatoms. The Labute approximate surface area is 122 Å². The molecule has 1 amide bonds. The molecule has 0 aromatic carbocycles. The standard InChI is InChI=1S/C16H27N3O/c1-3-11-19-12-5-6-15(19)16(20)18(4-2)13-14-7-9-17-10-8-14/h5-6,12,14,17H,3-4,7-11,13H2,1-2H3. The van der Waals surface area contributed by atoms with Crippen molar-refractivity contribution in [2.45, 2.75) is 39.7 Å². The highest BCUT2D eigenvalue weighted by atomic mass is 16.2. The van der Waals surface area contributed by atoms with Crippen molar-refractivity contribution in [3.63, 3.8) is 0 Å². The van der Waals surface area contributed by atoms with Crippen molar-refractivity contribution in [1.29, 1.82) is 0 Å². The van der Waals surface area contributed by atoms with Gasteiger partial charge in [0.1, 0.15) is 5.69 Å². The average Bonchev–Trinajstić information content (AvgIpc) is 2.94. The lowest BCUT2D eigenvalue weighted by Crippen LogP contribution is -2.39. The number of rotatable bonds is 6. The van der Waals surface area contributed by atoms with E-state index in [4.69, 9.17) is 0 Å². The fraction of sp³-hybridized carbons (Fsp3) is 0.688. The van der Waals surface area contributed by atoms with Gasteiger partial charge in [-0.15, -0.1) is 0 Å². The lowest BCUT2D eigenvalue weighted by Gasteiger charge is -2.29. The van der Waals surface area contributed by atoms with Crippen molar-refractivity contribution in [1.82, 2.24) is 14.8 Å². The predicted molar refractivity (Wildman–Crippen MR) is 81.9 cm³/mol. The van der Waals surface area contributed by atoms with E-state index in [1.165, 1.54) is 12.8 Å². The first-order chi connectivity index (χ1) is 9.76. The molecule has 1 fully saturated rings. The largest absolute Gasteiger partial charge is 0.344 e. The van der Waals surface area contributed by atoms with Gasteiger partial charge in [0, 0.05) is 25.8 Å². The van der Waals surface area contributed by atoms with Crippen molar-refractivity contribution < 1.29 is 4.79 Å². The molecule has 0 bridgehead atoms. The van der Waals surface area contributed by atoms with Gasteiger partial charge in [-0.3, -0.25) is 4.79 Å². The topological polar surface area (TPSA) is 37.3 Å². The molecule has 4 nitrogen and oxygen atoms in total. The second kappa shape index (κ2) is 7.48. The molecule has 1 aromatic rings. The summed E-state index contributed by atoms with van der Waals surface area (Å²) in [5, 5.41) is 3.38. The van der Waals surface area contributed by atoms with E-state index in [2.05, 4.69) is 23.7 Å². The van der Waals surface area contributed by atoms with Gasteiger partial charge < -0.3 is 14.8 Å². The maximum absolute atomic E-state index is 12.7. The minimum Gasteiger partial charge on any atom is -0.344 e. The van der Waals surface area contributed by atoms with Crippen LogP contribution in [0.15, 0.2) is 18.3 Å². The van der Waals surface area contributed by atoms with Gasteiger partial charge in [0.15, 0.2) is 0 Å². The van der Waals surface area contributed by atoms with Crippen LogP contribution in [-0.4, -0.2) is 41.6 Å². The van der Waals surface area contributed by atoms with Gasteiger partial charge in [-0.1, -0.05) is 6.92 Å². The molecule has 1 aromatic heterocycles. The van der Waals surface area contributed by atoms with Crippen molar-refractivity contribution in [3.05, 3.63) is 24.0 Å². The first-order valence-electron chi connectivity index (χ1n) is 7.91. The fourth-order valence-corrected chi connectivity index (χ4v) is 2.94. The van der Waals surface area contributed by atoms with E-state index in [9.17, 15) is 4.79 Å². The molecule has 1 saturated heterocycles. The van der Waals surface area contributed by atoms with Gasteiger partial charge in [0.05, 0.1) is 0 Å². The lowest BCUT2D eigenvalue weighted by molar-refractivity contribution is 0.0715. The Morgan fingerprint density at radius 2 is 2.15 bits per heavy atom. The van der Waals surface area contributed by atoms with E-state index in [0.717, 1.165) is 44.8 Å². The quantitative estimate of drug-likeness (QED) is 0.866. The molecule has 112 valence electrons. The number of carbonyl (C=O) groups excluding carboxylic acids is 1. The summed E-state index contributed by atoms with van der Waals surface area (Å²) in [7, 11) is 0. The zero-order chi connectivity index (χ0) is 14.4. The molecule has 1 N–H and O–H groups in total. The normalized spacial score (nSPS) is 16.3. The van der Waals surface area contributed by atoms with Gasteiger partial charge in [0.25, 0.3) is 5.91 Å². The second-order valence-corrected chi connectivity index (χ2v) is 5.62. The highest BCUT2D eigenvalue weighted by Gasteiger charge is 2.22. The van der Waals surface area contributed by atoms with Crippen LogP contribution in [0.1, 0.15) is 43.6 Å². The molecule has 0 spiro atoms. The zero-order valence-electron chi connectivity index (χ0n) is 12.8. The summed E-state index contributed by atoms with van der Waals surface area (Å²) in [6.45, 7) is 8.99. The van der Waals surface area contributed by atoms with E-state index < -0.39 is 0 Å². The number of amides is 1. The number of hydrogen-bond acceptors (Lipinski definition) is 2. The molecular weight excluding hydrogens is 250 g/mol. The number of nitrogens with one attached hydrogen (secondary N) is 1. The molecule has 1 aliphatic heterocycles. The Morgan fingerprint density at radius 3 is 2.80 bits per heavy atom. The second-order valence-electron chi connectivity index (χ2n) is 5.62. The van der Waals surface area contributed by atoms with Crippen LogP contribution in [0.4, 0.5) is 0 Å². The Morgan fingerprint density at radius 1 is 1.40 bits per heavy atom. The molecular formula is C16H27N3O. The number of piperidine rings is 1. The molecule has 2 heterocycles. The average molecular weight is 277 g/mol. The smallest absolute Gasteiger partial charge is 0.270 e. The molecule has 0 saturated carbocycles. The number of aromatic nitrogens is 1. The molecule has 2 rings (SSSR count). The number of aryl methyl sites for hydroxylation is 1. The summed E-state index contributed by atoms with van der Waals surface area (Å²) in [6.07, 6.45) is 5.42. The summed E-state index contributed by atoms with van der Waals surface area (Å²) in [6, 6.07) is 3.92. The third kappa shape index (κ3) is 3.63. The van der Waals surface area contributed by atoms with Crippen LogP contribution >= 0.6 is 0 Å². The van der Waals surface area contributed by atoms with Crippen molar-refractivity contribution >= 4 is 5.91 Å². The Balaban J connectivity index is 2.02. The highest BCUT2D eigenvalue weighted by molar-refractivity contribution is 5.92. The van der Waals surface area contributed by atoms with Crippen LogP contribution in [0.3, 0.4) is 0 Å². The molecule has 0 radical (unpaired) electrons. The van der Waals surface area contributed by atoms with E-state index in [1.54, 1.807) is 0 Å². The van der Waals surface area contributed by atoms with Crippen LogP contribution in [-0.2, 0) is 6.54 Å². The van der Waals surface area contributed by atoms with E-state index in [-0.39, 0.29) is 5.91 Å². The fourth-order valence-electron chi connectivity index (χ4n) is 2.94.